The van der Waals surface area contributed by atoms with Gasteiger partial charge in [-0.2, -0.15) is 0 Å². The second-order valence-electron chi connectivity index (χ2n) is 8.14. The van der Waals surface area contributed by atoms with Crippen LogP contribution in [0, 0.1) is 19.7 Å². The molecule has 0 aliphatic rings. The quantitative estimate of drug-likeness (QED) is 0.267. The highest BCUT2D eigenvalue weighted by Gasteiger charge is 2.23. The van der Waals surface area contributed by atoms with E-state index in [9.17, 15) is 9.18 Å². The Morgan fingerprint density at radius 3 is 2.53 bits per heavy atom. The number of halogens is 1. The van der Waals surface area contributed by atoms with Gasteiger partial charge >= 0.3 is 0 Å². The number of aryl methyl sites for hydroxylation is 3. The fourth-order valence-electron chi connectivity index (χ4n) is 3.93. The van der Waals surface area contributed by atoms with Gasteiger partial charge in [0.05, 0.1) is 27.7 Å². The van der Waals surface area contributed by atoms with E-state index in [2.05, 4.69) is 11.1 Å². The van der Waals surface area contributed by atoms with Gasteiger partial charge in [0.25, 0.3) is 0 Å². The van der Waals surface area contributed by atoms with E-state index in [4.69, 9.17) is 9.40 Å². The summed E-state index contributed by atoms with van der Waals surface area (Å²) in [6, 6.07) is 20.3. The van der Waals surface area contributed by atoms with Crippen molar-refractivity contribution in [2.75, 3.05) is 4.90 Å². The van der Waals surface area contributed by atoms with Gasteiger partial charge in [-0.05, 0) is 61.4 Å². The van der Waals surface area contributed by atoms with Gasteiger partial charge in [0, 0.05) is 12.8 Å². The third-order valence-corrected chi connectivity index (χ3v) is 6.46. The Morgan fingerprint density at radius 1 is 1.03 bits per heavy atom. The molecule has 5 aromatic rings. The number of benzene rings is 3. The number of amides is 1. The van der Waals surface area contributed by atoms with E-state index in [1.54, 1.807) is 23.1 Å². The van der Waals surface area contributed by atoms with Crippen molar-refractivity contribution < 1.29 is 13.6 Å². The molecule has 0 saturated carbocycles. The first-order chi connectivity index (χ1) is 16.5. The molecule has 5 nitrogen and oxygen atoms in total. The third kappa shape index (κ3) is 4.47. The Labute approximate surface area is 200 Å². The topological polar surface area (TPSA) is 59.2 Å². The number of para-hydroxylation sites is 1. The summed E-state index contributed by atoms with van der Waals surface area (Å²) in [5.74, 6) is 0.238. The predicted octanol–water partition coefficient (Wildman–Crippen LogP) is 7.00. The number of aromatic nitrogens is 2. The smallest absolute Gasteiger partial charge is 0.233 e. The van der Waals surface area contributed by atoms with Crippen molar-refractivity contribution in [3.05, 3.63) is 95.8 Å². The molecule has 0 saturated heterocycles. The number of carbonyl (C=O) groups excluding carboxylic acids is 1. The largest absolute Gasteiger partial charge is 0.441 e. The number of nitrogens with zero attached hydrogens (tertiary/aromatic N) is 3. The molecule has 170 valence electrons. The molecule has 0 bridgehead atoms. The van der Waals surface area contributed by atoms with Crippen molar-refractivity contribution in [1.29, 1.82) is 0 Å². The zero-order chi connectivity index (χ0) is 23.7. The fourth-order valence-corrected chi connectivity index (χ4v) is 4.94. The van der Waals surface area contributed by atoms with Crippen LogP contribution in [0.25, 0.3) is 21.5 Å². The van der Waals surface area contributed by atoms with Crippen LogP contribution in [-0.4, -0.2) is 15.9 Å². The van der Waals surface area contributed by atoms with Gasteiger partial charge in [-0.3, -0.25) is 9.69 Å². The van der Waals surface area contributed by atoms with Gasteiger partial charge in [0.2, 0.25) is 5.91 Å². The minimum atomic E-state index is -0.377. The van der Waals surface area contributed by atoms with Gasteiger partial charge in [-0.15, -0.1) is 0 Å². The summed E-state index contributed by atoms with van der Waals surface area (Å²) in [6.07, 6.45) is 1.95. The molecule has 7 heteroatoms. The summed E-state index contributed by atoms with van der Waals surface area (Å²) in [5, 5.41) is 0.621. The van der Waals surface area contributed by atoms with Crippen molar-refractivity contribution in [2.24, 2.45) is 0 Å². The summed E-state index contributed by atoms with van der Waals surface area (Å²) in [5.41, 5.74) is 4.11. The zero-order valence-electron chi connectivity index (χ0n) is 18.8. The molecule has 1 amide bonds. The molecule has 0 aliphatic carbocycles. The van der Waals surface area contributed by atoms with E-state index >= 15 is 0 Å². The number of fused-ring (bicyclic) bond motifs is 1. The number of oxazole rings is 1. The molecule has 0 fully saturated rings. The lowest BCUT2D eigenvalue weighted by Gasteiger charge is -2.21. The molecule has 34 heavy (non-hydrogen) atoms. The van der Waals surface area contributed by atoms with Crippen LogP contribution in [0.1, 0.15) is 23.4 Å². The standard InChI is InChI=1S/C27H22FN3O2S/c1-17-13-18(2)15-19(14-17)31(27-30-22-9-5-6-10-24(22)34-27)26(32)12-11-25-29-16-23(33-25)20-7-3-4-8-21(20)28/h3-10,13-16H,11-12H2,1-2H3. The Hall–Kier alpha value is -3.84. The fraction of sp³-hybridized carbons (Fsp3) is 0.148. The average Bonchev–Trinajstić information content (AvgIpc) is 3.44. The van der Waals surface area contributed by atoms with Crippen molar-refractivity contribution >= 4 is 38.3 Å². The van der Waals surface area contributed by atoms with Crippen LogP contribution in [0.5, 0.6) is 0 Å². The Balaban J connectivity index is 1.42. The molecule has 2 heterocycles. The molecule has 3 aromatic carbocycles. The monoisotopic (exact) mass is 471 g/mol. The molecule has 2 aromatic heterocycles. The second-order valence-corrected chi connectivity index (χ2v) is 9.15. The first kappa shape index (κ1) is 22.0. The van der Waals surface area contributed by atoms with Crippen LogP contribution >= 0.6 is 11.3 Å². The molecule has 5 rings (SSSR count). The highest BCUT2D eigenvalue weighted by atomic mass is 32.1. The predicted molar refractivity (Wildman–Crippen MR) is 133 cm³/mol. The lowest BCUT2D eigenvalue weighted by molar-refractivity contribution is -0.117. The highest BCUT2D eigenvalue weighted by Crippen LogP contribution is 2.35. The second kappa shape index (κ2) is 9.19. The summed E-state index contributed by atoms with van der Waals surface area (Å²) in [4.78, 5) is 24.2. The first-order valence-electron chi connectivity index (χ1n) is 10.9. The van der Waals surface area contributed by atoms with Gasteiger partial charge in [-0.1, -0.05) is 41.7 Å². The molecular weight excluding hydrogens is 449 g/mol. The summed E-state index contributed by atoms with van der Waals surface area (Å²) < 4.78 is 20.8. The van der Waals surface area contributed by atoms with Crippen molar-refractivity contribution in [2.45, 2.75) is 26.7 Å². The molecule has 0 aliphatic heterocycles. The van der Waals surface area contributed by atoms with Gasteiger partial charge < -0.3 is 4.42 Å². The Kier molecular flexibility index (Phi) is 5.94. The molecular formula is C27H22FN3O2S. The molecule has 0 radical (unpaired) electrons. The lowest BCUT2D eigenvalue weighted by Crippen LogP contribution is -2.26. The zero-order valence-corrected chi connectivity index (χ0v) is 19.6. The molecule has 0 unspecified atom stereocenters. The van der Waals surface area contributed by atoms with E-state index in [0.29, 0.717) is 28.8 Å². The summed E-state index contributed by atoms with van der Waals surface area (Å²) >= 11 is 1.48. The molecule has 0 N–H and O–H groups in total. The van der Waals surface area contributed by atoms with Crippen LogP contribution in [0.4, 0.5) is 15.2 Å². The van der Waals surface area contributed by atoms with Crippen LogP contribution in [0.2, 0.25) is 0 Å². The SMILES string of the molecule is Cc1cc(C)cc(N(C(=O)CCc2ncc(-c3ccccc3F)o2)c2nc3ccccc3s2)c1. The number of rotatable bonds is 6. The van der Waals surface area contributed by atoms with Gasteiger partial charge in [-0.25, -0.2) is 14.4 Å². The summed E-state index contributed by atoms with van der Waals surface area (Å²) in [6.45, 7) is 4.02. The maximum absolute atomic E-state index is 14.1. The van der Waals surface area contributed by atoms with Gasteiger partial charge in [0.15, 0.2) is 16.8 Å². The number of hydrogen-bond donors (Lipinski definition) is 0. The number of hydrogen-bond acceptors (Lipinski definition) is 5. The van der Waals surface area contributed by atoms with Gasteiger partial charge in [0.1, 0.15) is 5.82 Å². The highest BCUT2D eigenvalue weighted by molar-refractivity contribution is 7.22. The minimum absolute atomic E-state index is 0.116. The Morgan fingerprint density at radius 2 is 1.76 bits per heavy atom. The van der Waals surface area contributed by atoms with E-state index in [0.717, 1.165) is 27.0 Å². The van der Waals surface area contributed by atoms with E-state index in [-0.39, 0.29) is 18.1 Å². The van der Waals surface area contributed by atoms with Crippen LogP contribution in [-0.2, 0) is 11.2 Å². The van der Waals surface area contributed by atoms with Crippen LogP contribution in [0.15, 0.2) is 77.3 Å². The van der Waals surface area contributed by atoms with E-state index in [1.165, 1.54) is 23.6 Å². The normalized spacial score (nSPS) is 11.1. The molecule has 0 atom stereocenters. The summed E-state index contributed by atoms with van der Waals surface area (Å²) in [7, 11) is 0. The Bertz CT molecular complexity index is 1440. The van der Waals surface area contributed by atoms with E-state index < -0.39 is 0 Å². The van der Waals surface area contributed by atoms with Crippen LogP contribution < -0.4 is 4.90 Å². The van der Waals surface area contributed by atoms with Crippen LogP contribution in [0.3, 0.4) is 0 Å². The van der Waals surface area contributed by atoms with Crippen molar-refractivity contribution in [3.63, 3.8) is 0 Å². The lowest BCUT2D eigenvalue weighted by atomic mass is 10.1. The molecule has 0 spiro atoms. The first-order valence-corrected chi connectivity index (χ1v) is 11.8. The number of carbonyl (C=O) groups is 1. The third-order valence-electron chi connectivity index (χ3n) is 5.43. The van der Waals surface area contributed by atoms with Crippen molar-refractivity contribution in [3.8, 4) is 11.3 Å². The average molecular weight is 472 g/mol. The van der Waals surface area contributed by atoms with E-state index in [1.807, 2.05) is 50.2 Å². The number of thiazole rings is 1. The van der Waals surface area contributed by atoms with Crippen molar-refractivity contribution in [1.82, 2.24) is 9.97 Å². The number of anilines is 2. The maximum atomic E-state index is 14.1. The maximum Gasteiger partial charge on any atom is 0.233 e. The minimum Gasteiger partial charge on any atom is -0.441 e.